The van der Waals surface area contributed by atoms with Crippen LogP contribution in [-0.2, 0) is 11.2 Å². The largest absolute Gasteiger partial charge is 0.355 e. The van der Waals surface area contributed by atoms with E-state index in [9.17, 15) is 9.59 Å². The molecule has 0 aliphatic heterocycles. The second-order valence-corrected chi connectivity index (χ2v) is 5.97. The summed E-state index contributed by atoms with van der Waals surface area (Å²) in [4.78, 5) is 28.6. The minimum absolute atomic E-state index is 0.0965. The molecule has 1 heterocycles. The first-order valence-electron chi connectivity index (χ1n) is 7.90. The smallest absolute Gasteiger partial charge is 0.273 e. The van der Waals surface area contributed by atoms with Crippen LogP contribution in [0.4, 0.5) is 0 Å². The number of likely N-dealkylation sites (N-methyl/N-ethyl adjacent to an activating group) is 1. The topological polar surface area (TPSA) is 91.0 Å². The van der Waals surface area contributed by atoms with E-state index in [0.29, 0.717) is 12.4 Å². The Bertz CT molecular complexity index is 755. The number of aromatic nitrogens is 3. The molecule has 128 valence electrons. The summed E-state index contributed by atoms with van der Waals surface area (Å²) in [7, 11) is 3.88. The SMILES string of the molecule is Cc1cccc(-c2nnc(CCC(=O)NCCN(C)C)c(=O)[nH]2)c1. The summed E-state index contributed by atoms with van der Waals surface area (Å²) in [5, 5.41) is 10.9. The standard InChI is InChI=1S/C17H23N5O2/c1-12-5-4-6-13(11-12)16-19-17(24)14(20-21-16)7-8-15(23)18-9-10-22(2)3/h4-6,11H,7-10H2,1-3H3,(H,18,23)(H,19,21,24). The van der Waals surface area contributed by atoms with Gasteiger partial charge in [-0.15, -0.1) is 10.2 Å². The van der Waals surface area contributed by atoms with Gasteiger partial charge >= 0.3 is 0 Å². The molecule has 0 spiro atoms. The highest BCUT2D eigenvalue weighted by Crippen LogP contribution is 2.13. The highest BCUT2D eigenvalue weighted by molar-refractivity contribution is 5.76. The number of aryl methyl sites for hydroxylation is 2. The van der Waals surface area contributed by atoms with Crippen LogP contribution in [0.25, 0.3) is 11.4 Å². The number of carbonyl (C=O) groups is 1. The van der Waals surface area contributed by atoms with E-state index in [1.165, 1.54) is 0 Å². The third-order valence-electron chi connectivity index (χ3n) is 3.53. The van der Waals surface area contributed by atoms with Crippen LogP contribution in [0.1, 0.15) is 17.7 Å². The zero-order valence-corrected chi connectivity index (χ0v) is 14.3. The van der Waals surface area contributed by atoms with E-state index in [4.69, 9.17) is 0 Å². The van der Waals surface area contributed by atoms with Crippen molar-refractivity contribution in [2.45, 2.75) is 19.8 Å². The first-order valence-corrected chi connectivity index (χ1v) is 7.90. The number of aromatic amines is 1. The van der Waals surface area contributed by atoms with Crippen LogP contribution >= 0.6 is 0 Å². The second-order valence-electron chi connectivity index (χ2n) is 5.97. The number of rotatable bonds is 7. The average molecular weight is 329 g/mol. The van der Waals surface area contributed by atoms with Gasteiger partial charge < -0.3 is 15.2 Å². The van der Waals surface area contributed by atoms with Gasteiger partial charge in [0.25, 0.3) is 5.56 Å². The quantitative estimate of drug-likeness (QED) is 0.782. The fourth-order valence-corrected chi connectivity index (χ4v) is 2.19. The minimum atomic E-state index is -0.303. The molecule has 7 heteroatoms. The van der Waals surface area contributed by atoms with Crippen molar-refractivity contribution in [2.75, 3.05) is 27.2 Å². The number of hydrogen-bond donors (Lipinski definition) is 2. The summed E-state index contributed by atoms with van der Waals surface area (Å²) in [6.45, 7) is 3.33. The first-order chi connectivity index (χ1) is 11.5. The Labute approximate surface area is 141 Å². The highest BCUT2D eigenvalue weighted by atomic mass is 16.1. The van der Waals surface area contributed by atoms with E-state index in [-0.39, 0.29) is 30.0 Å². The van der Waals surface area contributed by atoms with Gasteiger partial charge in [-0.1, -0.05) is 23.8 Å². The van der Waals surface area contributed by atoms with Gasteiger partial charge in [-0.25, -0.2) is 0 Å². The predicted molar refractivity (Wildman–Crippen MR) is 92.7 cm³/mol. The van der Waals surface area contributed by atoms with Gasteiger partial charge in [0, 0.05) is 31.5 Å². The van der Waals surface area contributed by atoms with Crippen molar-refractivity contribution in [1.29, 1.82) is 0 Å². The highest BCUT2D eigenvalue weighted by Gasteiger charge is 2.09. The molecule has 2 N–H and O–H groups in total. The number of hydrogen-bond acceptors (Lipinski definition) is 5. The van der Waals surface area contributed by atoms with E-state index in [0.717, 1.165) is 17.7 Å². The van der Waals surface area contributed by atoms with Crippen LogP contribution in [0.2, 0.25) is 0 Å². The predicted octanol–water partition coefficient (Wildman–Crippen LogP) is 0.751. The van der Waals surface area contributed by atoms with E-state index < -0.39 is 0 Å². The first kappa shape index (κ1) is 17.8. The minimum Gasteiger partial charge on any atom is -0.355 e. The van der Waals surface area contributed by atoms with Crippen LogP contribution in [0.15, 0.2) is 29.1 Å². The molecule has 0 atom stereocenters. The molecule has 2 aromatic rings. The number of amides is 1. The summed E-state index contributed by atoms with van der Waals surface area (Å²) < 4.78 is 0. The van der Waals surface area contributed by atoms with Crippen molar-refractivity contribution in [1.82, 2.24) is 25.4 Å². The normalized spacial score (nSPS) is 10.8. The zero-order chi connectivity index (χ0) is 17.5. The van der Waals surface area contributed by atoms with Crippen LogP contribution in [0.3, 0.4) is 0 Å². The Hall–Kier alpha value is -2.54. The van der Waals surface area contributed by atoms with E-state index in [2.05, 4.69) is 20.5 Å². The summed E-state index contributed by atoms with van der Waals surface area (Å²) in [5.74, 6) is 0.337. The van der Waals surface area contributed by atoms with Gasteiger partial charge in [0.2, 0.25) is 5.91 Å². The monoisotopic (exact) mass is 329 g/mol. The second kappa shape index (κ2) is 8.35. The van der Waals surface area contributed by atoms with Gasteiger partial charge in [-0.05, 0) is 27.1 Å². The van der Waals surface area contributed by atoms with Crippen molar-refractivity contribution < 1.29 is 4.79 Å². The lowest BCUT2D eigenvalue weighted by Gasteiger charge is -2.10. The summed E-state index contributed by atoms with van der Waals surface area (Å²) in [5.41, 5.74) is 1.86. The molecule has 0 aliphatic rings. The Morgan fingerprint density at radius 3 is 2.75 bits per heavy atom. The molecule has 1 aromatic carbocycles. The van der Waals surface area contributed by atoms with E-state index in [1.807, 2.05) is 50.2 Å². The third-order valence-corrected chi connectivity index (χ3v) is 3.53. The van der Waals surface area contributed by atoms with Crippen LogP contribution < -0.4 is 10.9 Å². The molecular weight excluding hydrogens is 306 g/mol. The van der Waals surface area contributed by atoms with E-state index >= 15 is 0 Å². The van der Waals surface area contributed by atoms with Crippen molar-refractivity contribution in [2.24, 2.45) is 0 Å². The molecular formula is C17H23N5O2. The summed E-state index contributed by atoms with van der Waals surface area (Å²) in [6, 6.07) is 7.66. The molecule has 0 unspecified atom stereocenters. The van der Waals surface area contributed by atoms with Crippen molar-refractivity contribution >= 4 is 5.91 Å². The Kier molecular flexibility index (Phi) is 6.20. The zero-order valence-electron chi connectivity index (χ0n) is 14.3. The molecule has 1 aromatic heterocycles. The Morgan fingerprint density at radius 2 is 2.08 bits per heavy atom. The fourth-order valence-electron chi connectivity index (χ4n) is 2.19. The fraction of sp³-hybridized carbons (Fsp3) is 0.412. The number of nitrogens with one attached hydrogen (secondary N) is 2. The number of carbonyl (C=O) groups excluding carboxylic acids is 1. The van der Waals surface area contributed by atoms with Gasteiger partial charge in [0.15, 0.2) is 5.82 Å². The van der Waals surface area contributed by atoms with E-state index in [1.54, 1.807) is 0 Å². The number of H-pyrrole nitrogens is 1. The molecule has 0 saturated heterocycles. The summed E-state index contributed by atoms with van der Waals surface area (Å²) in [6.07, 6.45) is 0.485. The number of benzene rings is 1. The molecule has 0 radical (unpaired) electrons. The Morgan fingerprint density at radius 1 is 1.29 bits per heavy atom. The van der Waals surface area contributed by atoms with Crippen molar-refractivity contribution in [3.05, 3.63) is 45.9 Å². The van der Waals surface area contributed by atoms with Crippen LogP contribution in [-0.4, -0.2) is 53.2 Å². The molecule has 0 bridgehead atoms. The van der Waals surface area contributed by atoms with Crippen molar-refractivity contribution in [3.8, 4) is 11.4 Å². The van der Waals surface area contributed by atoms with Crippen LogP contribution in [0, 0.1) is 6.92 Å². The molecule has 2 rings (SSSR count). The maximum Gasteiger partial charge on any atom is 0.273 e. The molecule has 7 nitrogen and oxygen atoms in total. The maximum atomic E-state index is 12.1. The number of nitrogens with zero attached hydrogens (tertiary/aromatic N) is 3. The molecule has 1 amide bonds. The Balaban J connectivity index is 1.95. The molecule has 24 heavy (non-hydrogen) atoms. The van der Waals surface area contributed by atoms with Gasteiger partial charge in [-0.3, -0.25) is 9.59 Å². The molecule has 0 fully saturated rings. The average Bonchev–Trinajstić information content (AvgIpc) is 2.53. The van der Waals surface area contributed by atoms with Gasteiger partial charge in [0.1, 0.15) is 5.69 Å². The lowest BCUT2D eigenvalue weighted by Crippen LogP contribution is -2.32. The van der Waals surface area contributed by atoms with Crippen molar-refractivity contribution in [3.63, 3.8) is 0 Å². The lowest BCUT2D eigenvalue weighted by atomic mass is 10.1. The van der Waals surface area contributed by atoms with Gasteiger partial charge in [-0.2, -0.15) is 0 Å². The van der Waals surface area contributed by atoms with Gasteiger partial charge in [0.05, 0.1) is 0 Å². The van der Waals surface area contributed by atoms with Crippen LogP contribution in [0.5, 0.6) is 0 Å². The molecule has 0 aliphatic carbocycles. The summed E-state index contributed by atoms with van der Waals surface area (Å²) >= 11 is 0. The maximum absolute atomic E-state index is 12.1. The third kappa shape index (κ3) is 5.27. The lowest BCUT2D eigenvalue weighted by molar-refractivity contribution is -0.121. The molecule has 0 saturated carbocycles.